The quantitative estimate of drug-likeness (QED) is 0.859. The second-order valence-corrected chi connectivity index (χ2v) is 6.14. The molecule has 2 rings (SSSR count). The average Bonchev–Trinajstić information content (AvgIpc) is 2.71. The minimum absolute atomic E-state index is 0.387. The van der Waals surface area contributed by atoms with Crippen LogP contribution in [0.2, 0.25) is 0 Å². The standard InChI is InChI=1S/C15H27N3O/c1-10(2)16-8-12-6-7-13(12)15-14(19-5)9-17-18(15)11(3)4/h9-13,16H,6-8H2,1-5H3. The number of hydrogen-bond donors (Lipinski definition) is 1. The second kappa shape index (κ2) is 5.95. The van der Waals surface area contributed by atoms with Gasteiger partial charge in [-0.2, -0.15) is 5.10 Å². The maximum Gasteiger partial charge on any atom is 0.160 e. The lowest BCUT2D eigenvalue weighted by molar-refractivity contribution is 0.221. The fourth-order valence-electron chi connectivity index (χ4n) is 2.84. The van der Waals surface area contributed by atoms with E-state index in [-0.39, 0.29) is 0 Å². The normalized spacial score (nSPS) is 22.9. The van der Waals surface area contributed by atoms with Crippen LogP contribution in [0, 0.1) is 5.92 Å². The van der Waals surface area contributed by atoms with Crippen molar-refractivity contribution in [3.05, 3.63) is 11.9 Å². The Bertz CT molecular complexity index is 412. The molecule has 0 amide bonds. The summed E-state index contributed by atoms with van der Waals surface area (Å²) in [6.07, 6.45) is 4.41. The molecular weight excluding hydrogens is 238 g/mol. The summed E-state index contributed by atoms with van der Waals surface area (Å²) in [5.41, 5.74) is 1.29. The number of hydrogen-bond acceptors (Lipinski definition) is 3. The molecule has 0 bridgehead atoms. The lowest BCUT2D eigenvalue weighted by Gasteiger charge is -2.38. The molecule has 108 valence electrons. The van der Waals surface area contributed by atoms with Crippen LogP contribution in [0.3, 0.4) is 0 Å². The van der Waals surface area contributed by atoms with Crippen LogP contribution < -0.4 is 10.1 Å². The van der Waals surface area contributed by atoms with E-state index in [1.54, 1.807) is 7.11 Å². The van der Waals surface area contributed by atoms with Crippen molar-refractivity contribution in [2.45, 2.75) is 58.5 Å². The predicted octanol–water partition coefficient (Wildman–Crippen LogP) is 2.96. The summed E-state index contributed by atoms with van der Waals surface area (Å²) in [6, 6.07) is 0.941. The Morgan fingerprint density at radius 2 is 2.11 bits per heavy atom. The van der Waals surface area contributed by atoms with Gasteiger partial charge in [0.2, 0.25) is 0 Å². The number of aromatic nitrogens is 2. The number of ether oxygens (including phenoxy) is 1. The summed E-state index contributed by atoms with van der Waals surface area (Å²) in [7, 11) is 1.74. The van der Waals surface area contributed by atoms with Crippen molar-refractivity contribution in [1.29, 1.82) is 0 Å². The molecule has 1 aliphatic rings. The van der Waals surface area contributed by atoms with Crippen LogP contribution in [0.1, 0.15) is 58.2 Å². The Morgan fingerprint density at radius 1 is 1.37 bits per heavy atom. The Kier molecular flexibility index (Phi) is 4.50. The lowest BCUT2D eigenvalue weighted by atomic mass is 9.71. The molecule has 1 aliphatic carbocycles. The lowest BCUT2D eigenvalue weighted by Crippen LogP contribution is -2.37. The molecule has 2 unspecified atom stereocenters. The molecule has 1 aromatic rings. The smallest absolute Gasteiger partial charge is 0.160 e. The molecule has 4 nitrogen and oxygen atoms in total. The van der Waals surface area contributed by atoms with E-state index in [9.17, 15) is 0 Å². The molecule has 1 aromatic heterocycles. The van der Waals surface area contributed by atoms with Crippen molar-refractivity contribution in [1.82, 2.24) is 15.1 Å². The number of nitrogens with one attached hydrogen (secondary N) is 1. The van der Waals surface area contributed by atoms with Gasteiger partial charge in [-0.05, 0) is 39.2 Å². The van der Waals surface area contributed by atoms with Gasteiger partial charge in [-0.25, -0.2) is 0 Å². The monoisotopic (exact) mass is 265 g/mol. The third-order valence-corrected chi connectivity index (χ3v) is 4.06. The van der Waals surface area contributed by atoms with E-state index in [0.29, 0.717) is 23.9 Å². The molecule has 19 heavy (non-hydrogen) atoms. The highest BCUT2D eigenvalue weighted by molar-refractivity contribution is 5.31. The molecule has 1 N–H and O–H groups in total. The van der Waals surface area contributed by atoms with Crippen molar-refractivity contribution in [2.24, 2.45) is 5.92 Å². The van der Waals surface area contributed by atoms with Crippen LogP contribution >= 0.6 is 0 Å². The third-order valence-electron chi connectivity index (χ3n) is 4.06. The zero-order valence-corrected chi connectivity index (χ0v) is 12.8. The Morgan fingerprint density at radius 3 is 2.58 bits per heavy atom. The average molecular weight is 265 g/mol. The van der Waals surface area contributed by atoms with Crippen molar-refractivity contribution < 1.29 is 4.74 Å². The van der Waals surface area contributed by atoms with Gasteiger partial charge in [0, 0.05) is 18.0 Å². The maximum absolute atomic E-state index is 5.50. The van der Waals surface area contributed by atoms with Gasteiger partial charge < -0.3 is 10.1 Å². The van der Waals surface area contributed by atoms with Gasteiger partial charge in [0.1, 0.15) is 0 Å². The number of rotatable bonds is 6. The molecule has 0 radical (unpaired) electrons. The second-order valence-electron chi connectivity index (χ2n) is 6.14. The van der Waals surface area contributed by atoms with Crippen LogP contribution in [0.15, 0.2) is 6.20 Å². The number of nitrogens with zero attached hydrogens (tertiary/aromatic N) is 2. The molecule has 0 spiro atoms. The van der Waals surface area contributed by atoms with Gasteiger partial charge in [-0.3, -0.25) is 4.68 Å². The van der Waals surface area contributed by atoms with Gasteiger partial charge in [0.15, 0.2) is 5.75 Å². The van der Waals surface area contributed by atoms with Crippen LogP contribution in [-0.2, 0) is 0 Å². The summed E-state index contributed by atoms with van der Waals surface area (Å²) in [6.45, 7) is 9.85. The van der Waals surface area contributed by atoms with E-state index in [1.165, 1.54) is 18.5 Å². The van der Waals surface area contributed by atoms with Gasteiger partial charge in [0.25, 0.3) is 0 Å². The first kappa shape index (κ1) is 14.4. The predicted molar refractivity (Wildman–Crippen MR) is 77.8 cm³/mol. The first-order valence-electron chi connectivity index (χ1n) is 7.39. The highest BCUT2D eigenvalue weighted by Gasteiger charge is 2.36. The molecule has 2 atom stereocenters. The van der Waals surface area contributed by atoms with E-state index in [2.05, 4.69) is 42.8 Å². The summed E-state index contributed by atoms with van der Waals surface area (Å²) < 4.78 is 7.63. The summed E-state index contributed by atoms with van der Waals surface area (Å²) in [4.78, 5) is 0. The topological polar surface area (TPSA) is 39.1 Å². The zero-order chi connectivity index (χ0) is 14.0. The zero-order valence-electron chi connectivity index (χ0n) is 12.8. The highest BCUT2D eigenvalue weighted by atomic mass is 16.5. The van der Waals surface area contributed by atoms with E-state index in [0.717, 1.165) is 12.3 Å². The maximum atomic E-state index is 5.50. The molecule has 1 fully saturated rings. The largest absolute Gasteiger partial charge is 0.493 e. The van der Waals surface area contributed by atoms with Gasteiger partial charge >= 0.3 is 0 Å². The van der Waals surface area contributed by atoms with Crippen LogP contribution in [0.25, 0.3) is 0 Å². The van der Waals surface area contributed by atoms with Crippen molar-refractivity contribution in [2.75, 3.05) is 13.7 Å². The summed E-state index contributed by atoms with van der Waals surface area (Å²) in [5.74, 6) is 2.25. The summed E-state index contributed by atoms with van der Waals surface area (Å²) >= 11 is 0. The molecule has 4 heteroatoms. The summed E-state index contributed by atoms with van der Waals surface area (Å²) in [5, 5.41) is 8.05. The van der Waals surface area contributed by atoms with Crippen molar-refractivity contribution in [3.8, 4) is 5.75 Å². The van der Waals surface area contributed by atoms with Crippen LogP contribution in [0.4, 0.5) is 0 Å². The third kappa shape index (κ3) is 2.94. The van der Waals surface area contributed by atoms with Gasteiger partial charge in [0.05, 0.1) is 19.0 Å². The van der Waals surface area contributed by atoms with Crippen molar-refractivity contribution >= 4 is 0 Å². The SMILES string of the molecule is COc1cnn(C(C)C)c1C1CCC1CNC(C)C. The Balaban J connectivity index is 2.14. The minimum atomic E-state index is 0.387. The minimum Gasteiger partial charge on any atom is -0.493 e. The van der Waals surface area contributed by atoms with E-state index >= 15 is 0 Å². The molecule has 1 saturated carbocycles. The molecule has 0 aliphatic heterocycles. The van der Waals surface area contributed by atoms with E-state index in [1.807, 2.05) is 6.20 Å². The van der Waals surface area contributed by atoms with Gasteiger partial charge in [-0.15, -0.1) is 0 Å². The first-order valence-corrected chi connectivity index (χ1v) is 7.39. The van der Waals surface area contributed by atoms with E-state index < -0.39 is 0 Å². The fourth-order valence-corrected chi connectivity index (χ4v) is 2.84. The number of methoxy groups -OCH3 is 1. The molecule has 1 heterocycles. The molecule has 0 saturated heterocycles. The fraction of sp³-hybridized carbons (Fsp3) is 0.800. The molecular formula is C15H27N3O. The highest BCUT2D eigenvalue weighted by Crippen LogP contribution is 2.46. The van der Waals surface area contributed by atoms with Crippen molar-refractivity contribution in [3.63, 3.8) is 0 Å². The Hall–Kier alpha value is -1.03. The first-order chi connectivity index (χ1) is 9.04. The van der Waals surface area contributed by atoms with Crippen LogP contribution in [-0.4, -0.2) is 29.5 Å². The van der Waals surface area contributed by atoms with Gasteiger partial charge in [-0.1, -0.05) is 13.8 Å². The van der Waals surface area contributed by atoms with E-state index in [4.69, 9.17) is 4.74 Å². The molecule has 0 aromatic carbocycles. The Labute approximate surface area is 116 Å². The van der Waals surface area contributed by atoms with Crippen LogP contribution in [0.5, 0.6) is 5.75 Å².